The predicted octanol–water partition coefficient (Wildman–Crippen LogP) is 5.61. The van der Waals surface area contributed by atoms with Crippen LogP contribution in [-0.4, -0.2) is 21.0 Å². The first-order valence-corrected chi connectivity index (χ1v) is 10.8. The number of rotatable bonds is 6. The van der Waals surface area contributed by atoms with Crippen LogP contribution in [0.5, 0.6) is 0 Å². The van der Waals surface area contributed by atoms with Crippen molar-refractivity contribution in [2.24, 2.45) is 0 Å². The van der Waals surface area contributed by atoms with Crippen molar-refractivity contribution in [2.45, 2.75) is 13.0 Å². The van der Waals surface area contributed by atoms with Crippen molar-refractivity contribution in [3.8, 4) is 33.2 Å². The van der Waals surface area contributed by atoms with Crippen LogP contribution < -0.4 is 5.32 Å². The van der Waals surface area contributed by atoms with Crippen LogP contribution in [0.3, 0.4) is 0 Å². The Morgan fingerprint density at radius 1 is 0.938 bits per heavy atom. The zero-order valence-electron chi connectivity index (χ0n) is 17.1. The maximum atomic E-state index is 12.1. The largest absolute Gasteiger partial charge is 0.459 e. The summed E-state index contributed by atoms with van der Waals surface area (Å²) in [6.45, 7) is 1.77. The zero-order valence-corrected chi connectivity index (χ0v) is 17.9. The summed E-state index contributed by atoms with van der Waals surface area (Å²) in [5.74, 6) is 0.652. The topological polar surface area (TPSA) is 94.1 Å². The van der Waals surface area contributed by atoms with Crippen LogP contribution >= 0.6 is 11.3 Å². The van der Waals surface area contributed by atoms with Gasteiger partial charge in [0.05, 0.1) is 12.0 Å². The molecule has 1 atom stereocenters. The van der Waals surface area contributed by atoms with E-state index in [2.05, 4.69) is 27.6 Å². The number of furan rings is 1. The van der Waals surface area contributed by atoms with Gasteiger partial charge in [0.25, 0.3) is 5.91 Å². The highest BCUT2D eigenvalue weighted by atomic mass is 32.1. The van der Waals surface area contributed by atoms with E-state index < -0.39 is 6.04 Å². The molecule has 1 N–H and O–H groups in total. The van der Waals surface area contributed by atoms with Gasteiger partial charge >= 0.3 is 0 Å². The van der Waals surface area contributed by atoms with Crippen molar-refractivity contribution in [3.05, 3.63) is 90.0 Å². The van der Waals surface area contributed by atoms with Crippen LogP contribution in [0.1, 0.15) is 29.4 Å². The van der Waals surface area contributed by atoms with Gasteiger partial charge in [-0.05, 0) is 19.1 Å². The Morgan fingerprint density at radius 2 is 1.72 bits per heavy atom. The minimum absolute atomic E-state index is 0.227. The van der Waals surface area contributed by atoms with Gasteiger partial charge in [-0.25, -0.2) is 4.98 Å². The average molecular weight is 443 g/mol. The van der Waals surface area contributed by atoms with Gasteiger partial charge in [-0.3, -0.25) is 4.79 Å². The van der Waals surface area contributed by atoms with E-state index >= 15 is 0 Å². The molecule has 0 aliphatic rings. The first kappa shape index (κ1) is 19.9. The van der Waals surface area contributed by atoms with E-state index in [1.807, 2.05) is 47.8 Å². The molecule has 0 saturated carbocycles. The molecule has 0 spiro atoms. The summed E-state index contributed by atoms with van der Waals surface area (Å²) in [4.78, 5) is 21.3. The summed E-state index contributed by atoms with van der Waals surface area (Å²) in [6.07, 6.45) is 1.45. The first-order valence-electron chi connectivity index (χ1n) is 9.97. The number of hydrogen-bond acceptors (Lipinski definition) is 7. The van der Waals surface area contributed by atoms with Crippen molar-refractivity contribution in [1.82, 2.24) is 20.4 Å². The van der Waals surface area contributed by atoms with E-state index in [1.54, 1.807) is 30.4 Å². The van der Waals surface area contributed by atoms with E-state index in [9.17, 15) is 4.79 Å². The molecule has 0 bridgehead atoms. The number of nitrogens with zero attached hydrogens (tertiary/aromatic N) is 3. The number of hydrogen-bond donors (Lipinski definition) is 1. The molecule has 0 aliphatic carbocycles. The van der Waals surface area contributed by atoms with E-state index in [0.29, 0.717) is 11.7 Å². The summed E-state index contributed by atoms with van der Waals surface area (Å²) >= 11 is 1.62. The Balaban J connectivity index is 1.29. The monoisotopic (exact) mass is 442 g/mol. The number of nitrogens with one attached hydrogen (secondary N) is 1. The van der Waals surface area contributed by atoms with E-state index in [1.165, 1.54) is 6.26 Å². The lowest BCUT2D eigenvalue weighted by Gasteiger charge is -2.07. The maximum Gasteiger partial charge on any atom is 0.287 e. The molecule has 32 heavy (non-hydrogen) atoms. The third kappa shape index (κ3) is 4.08. The summed E-state index contributed by atoms with van der Waals surface area (Å²) in [5, 5.41) is 9.86. The summed E-state index contributed by atoms with van der Waals surface area (Å²) in [6, 6.07) is 20.7. The van der Waals surface area contributed by atoms with Crippen LogP contribution in [0.4, 0.5) is 0 Å². The van der Waals surface area contributed by atoms with Crippen LogP contribution in [0.2, 0.25) is 0 Å². The number of carbonyl (C=O) groups excluding carboxylic acids is 1. The SMILES string of the molecule is CC(NC(=O)c1ccco1)c1nc(-c2ccc(-c3csc(-c4ccccc4)n3)cc2)no1. The van der Waals surface area contributed by atoms with Gasteiger partial charge in [-0.15, -0.1) is 11.3 Å². The smallest absolute Gasteiger partial charge is 0.287 e. The molecule has 1 amide bonds. The fourth-order valence-electron chi connectivity index (χ4n) is 3.18. The number of benzene rings is 2. The Kier molecular flexibility index (Phi) is 5.35. The molecule has 0 saturated heterocycles. The second-order valence-corrected chi connectivity index (χ2v) is 7.97. The van der Waals surface area contributed by atoms with Gasteiger partial charge in [0, 0.05) is 22.1 Å². The number of thiazole rings is 1. The molecule has 5 rings (SSSR count). The van der Waals surface area contributed by atoms with Gasteiger partial charge in [0.15, 0.2) is 5.76 Å². The molecule has 2 aromatic carbocycles. The normalized spacial score (nSPS) is 11.9. The van der Waals surface area contributed by atoms with Gasteiger partial charge in [0.1, 0.15) is 11.0 Å². The van der Waals surface area contributed by atoms with Crippen molar-refractivity contribution in [1.29, 1.82) is 0 Å². The Hall–Kier alpha value is -4.04. The molecule has 158 valence electrons. The molecule has 8 heteroatoms. The van der Waals surface area contributed by atoms with Gasteiger partial charge < -0.3 is 14.3 Å². The summed E-state index contributed by atoms with van der Waals surface area (Å²) in [5.41, 5.74) is 3.85. The fraction of sp³-hybridized carbons (Fsp3) is 0.0833. The van der Waals surface area contributed by atoms with Crippen LogP contribution in [-0.2, 0) is 0 Å². The quantitative estimate of drug-likeness (QED) is 0.367. The lowest BCUT2D eigenvalue weighted by atomic mass is 10.1. The minimum Gasteiger partial charge on any atom is -0.459 e. The molecule has 0 aliphatic heterocycles. The molecule has 0 fully saturated rings. The summed E-state index contributed by atoms with van der Waals surface area (Å²) in [7, 11) is 0. The van der Waals surface area contributed by atoms with Crippen LogP contribution in [0, 0.1) is 0 Å². The summed E-state index contributed by atoms with van der Waals surface area (Å²) < 4.78 is 10.4. The second kappa shape index (κ2) is 8.60. The molecule has 3 heterocycles. The molecule has 1 unspecified atom stereocenters. The Morgan fingerprint density at radius 3 is 2.47 bits per heavy atom. The number of aromatic nitrogens is 3. The molecular formula is C24H18N4O3S. The van der Waals surface area contributed by atoms with Gasteiger partial charge in [-0.1, -0.05) is 59.8 Å². The highest BCUT2D eigenvalue weighted by Gasteiger charge is 2.19. The lowest BCUT2D eigenvalue weighted by molar-refractivity contribution is 0.0904. The zero-order chi connectivity index (χ0) is 21.9. The van der Waals surface area contributed by atoms with Crippen molar-refractivity contribution >= 4 is 17.2 Å². The Labute approximate surface area is 187 Å². The van der Waals surface area contributed by atoms with Crippen LogP contribution in [0.25, 0.3) is 33.2 Å². The average Bonchev–Trinajstić information content (AvgIpc) is 3.61. The molecule has 7 nitrogen and oxygen atoms in total. The van der Waals surface area contributed by atoms with E-state index in [-0.39, 0.29) is 11.7 Å². The van der Waals surface area contributed by atoms with E-state index in [4.69, 9.17) is 13.9 Å². The third-order valence-corrected chi connectivity index (χ3v) is 5.76. The second-order valence-electron chi connectivity index (χ2n) is 7.11. The molecule has 5 aromatic rings. The maximum absolute atomic E-state index is 12.1. The predicted molar refractivity (Wildman–Crippen MR) is 121 cm³/mol. The minimum atomic E-state index is -0.459. The van der Waals surface area contributed by atoms with Crippen molar-refractivity contribution < 1.29 is 13.7 Å². The standard InChI is InChI=1S/C24H18N4O3S/c1-15(25-22(29)20-8-5-13-30-20)23-27-21(28-31-23)17-11-9-16(10-12-17)19-14-32-24(26-19)18-6-3-2-4-7-18/h2-15H,1H3,(H,25,29). The van der Waals surface area contributed by atoms with E-state index in [0.717, 1.165) is 27.4 Å². The highest BCUT2D eigenvalue weighted by molar-refractivity contribution is 7.13. The number of amides is 1. The Bertz CT molecular complexity index is 1330. The van der Waals surface area contributed by atoms with Crippen molar-refractivity contribution in [3.63, 3.8) is 0 Å². The lowest BCUT2D eigenvalue weighted by Crippen LogP contribution is -2.26. The molecule has 0 radical (unpaired) electrons. The van der Waals surface area contributed by atoms with Gasteiger partial charge in [-0.2, -0.15) is 4.98 Å². The fourth-order valence-corrected chi connectivity index (χ4v) is 4.01. The highest BCUT2D eigenvalue weighted by Crippen LogP contribution is 2.30. The first-order chi connectivity index (χ1) is 15.7. The third-order valence-electron chi connectivity index (χ3n) is 4.87. The van der Waals surface area contributed by atoms with Crippen LogP contribution in [0.15, 0.2) is 87.3 Å². The molecular weight excluding hydrogens is 424 g/mol. The van der Waals surface area contributed by atoms with Gasteiger partial charge in [0.2, 0.25) is 11.7 Å². The number of carbonyl (C=O) groups is 1. The van der Waals surface area contributed by atoms with Crippen molar-refractivity contribution in [2.75, 3.05) is 0 Å². The molecule has 3 aromatic heterocycles.